The number of hydrogen-bond acceptors (Lipinski definition) is 0. The normalized spacial score (nSPS) is 16.4. The van der Waals surface area contributed by atoms with E-state index in [1.165, 1.54) is 39.0 Å². The summed E-state index contributed by atoms with van der Waals surface area (Å²) in [6.07, 6.45) is 4.64. The van der Waals surface area contributed by atoms with Crippen molar-refractivity contribution in [1.29, 1.82) is 0 Å². The van der Waals surface area contributed by atoms with Crippen LogP contribution < -0.4 is 0 Å². The van der Waals surface area contributed by atoms with E-state index in [0.29, 0.717) is 0 Å². The van der Waals surface area contributed by atoms with Gasteiger partial charge in [0, 0.05) is 0 Å². The molecule has 3 heteroatoms. The van der Waals surface area contributed by atoms with Gasteiger partial charge in [0.2, 0.25) is 0 Å². The number of rotatable bonds is 4. The van der Waals surface area contributed by atoms with Crippen LogP contribution in [0.3, 0.4) is 0 Å². The van der Waals surface area contributed by atoms with Crippen LogP contribution in [-0.4, -0.2) is 0 Å². The average molecular weight is 466 g/mol. The third kappa shape index (κ3) is 3.78. The summed E-state index contributed by atoms with van der Waals surface area (Å²) in [6, 6.07) is 13.3. The molecule has 0 fully saturated rings. The Morgan fingerprint density at radius 1 is 1.04 bits per heavy atom. The van der Waals surface area contributed by atoms with Crippen molar-refractivity contribution in [3.63, 3.8) is 0 Å². The van der Waals surface area contributed by atoms with Crippen molar-refractivity contribution < 1.29 is 19.4 Å². The van der Waals surface area contributed by atoms with Crippen molar-refractivity contribution in [2.75, 3.05) is 0 Å². The van der Waals surface area contributed by atoms with Crippen molar-refractivity contribution >= 4 is 23.1 Å². The van der Waals surface area contributed by atoms with Crippen LogP contribution in [0.4, 0.5) is 0 Å². The van der Waals surface area contributed by atoms with E-state index >= 15 is 0 Å². The molecule has 26 heavy (non-hydrogen) atoms. The summed E-state index contributed by atoms with van der Waals surface area (Å²) in [5, 5.41) is 0. The molecule has 137 valence electrons. The third-order valence-corrected chi connectivity index (χ3v) is 10.5. The van der Waals surface area contributed by atoms with Crippen molar-refractivity contribution in [2.24, 2.45) is 5.41 Å². The zero-order valence-electron chi connectivity index (χ0n) is 16.3. The van der Waals surface area contributed by atoms with Gasteiger partial charge in [-0.15, -0.1) is 0 Å². The fourth-order valence-electron chi connectivity index (χ4n) is 4.03. The number of aryl methyl sites for hydroxylation is 2. The molecule has 0 spiro atoms. The van der Waals surface area contributed by atoms with E-state index in [0.717, 1.165) is 12.8 Å². The monoisotopic (exact) mass is 463 g/mol. The van der Waals surface area contributed by atoms with Crippen LogP contribution in [0, 0.1) is 12.3 Å². The molecule has 0 radical (unpaired) electrons. The molecule has 1 atom stereocenters. The number of hydrogen-bond donors (Lipinski definition) is 0. The van der Waals surface area contributed by atoms with Gasteiger partial charge in [0.25, 0.3) is 0 Å². The first-order valence-corrected chi connectivity index (χ1v) is 17.1. The van der Waals surface area contributed by atoms with Gasteiger partial charge in [-0.05, 0) is 0 Å². The zero-order valence-corrected chi connectivity index (χ0v) is 20.3. The van der Waals surface area contributed by atoms with Gasteiger partial charge >= 0.3 is 174 Å². The van der Waals surface area contributed by atoms with E-state index in [1.807, 2.05) is 0 Å². The van der Waals surface area contributed by atoms with E-state index in [2.05, 4.69) is 77.1 Å². The molecule has 0 saturated carbocycles. The number of fused-ring (bicyclic) bond motifs is 1. The molecule has 0 nitrogen and oxygen atoms in total. The molecule has 0 aliphatic heterocycles. The van der Waals surface area contributed by atoms with Gasteiger partial charge in [-0.3, -0.25) is 0 Å². The van der Waals surface area contributed by atoms with Crippen molar-refractivity contribution in [1.82, 2.24) is 0 Å². The van der Waals surface area contributed by atoms with Crippen molar-refractivity contribution in [2.45, 2.75) is 51.1 Å². The van der Waals surface area contributed by atoms with Gasteiger partial charge in [0.05, 0.1) is 0 Å². The minimum atomic E-state index is -2.51. The molecule has 2 aromatic carbocycles. The van der Waals surface area contributed by atoms with Gasteiger partial charge in [-0.1, -0.05) is 0 Å². The Morgan fingerprint density at radius 3 is 2.31 bits per heavy atom. The van der Waals surface area contributed by atoms with E-state index in [-0.39, 0.29) is 9.04 Å². The molecule has 3 rings (SSSR count). The van der Waals surface area contributed by atoms with Gasteiger partial charge in [-0.2, -0.15) is 0 Å². The van der Waals surface area contributed by atoms with Crippen molar-refractivity contribution in [3.05, 3.63) is 64.2 Å². The zero-order chi connectivity index (χ0) is 19.1. The summed E-state index contributed by atoms with van der Waals surface area (Å²) in [6.45, 7) is 11.3. The molecular weight excluding hydrogens is 438 g/mol. The van der Waals surface area contributed by atoms with Crippen LogP contribution in [-0.2, 0) is 25.8 Å². The fourth-order valence-corrected chi connectivity index (χ4v) is 9.85. The Morgan fingerprint density at radius 2 is 1.73 bits per heavy atom. The van der Waals surface area contributed by atoms with Crippen LogP contribution in [0.1, 0.15) is 60.0 Å². The Hall–Kier alpha value is -0.357. The first-order chi connectivity index (χ1) is 12.3. The van der Waals surface area contributed by atoms with Crippen LogP contribution in [0.15, 0.2) is 42.0 Å². The summed E-state index contributed by atoms with van der Waals surface area (Å²) in [7, 11) is 13.3. The number of halogens is 2. The topological polar surface area (TPSA) is 0 Å². The molecule has 0 N–H and O–H groups in total. The Bertz CT molecular complexity index is 844. The Balaban J connectivity index is 2.32. The Kier molecular flexibility index (Phi) is 6.23. The minimum absolute atomic E-state index is 0.0766. The summed E-state index contributed by atoms with van der Waals surface area (Å²) in [5.74, 6) is 0. The molecule has 0 saturated heterocycles. The predicted octanol–water partition coefficient (Wildman–Crippen LogP) is 8.02. The van der Waals surface area contributed by atoms with E-state index in [1.54, 1.807) is 0 Å². The fraction of sp³-hybridized carbons (Fsp3) is 0.391. The summed E-state index contributed by atoms with van der Waals surface area (Å²) >= 11 is -2.51. The van der Waals surface area contributed by atoms with Gasteiger partial charge in [0.15, 0.2) is 0 Å². The molecule has 0 aromatic heterocycles. The summed E-state index contributed by atoms with van der Waals surface area (Å²) in [5.41, 5.74) is 9.69. The first-order valence-electron chi connectivity index (χ1n) is 9.37. The molecule has 1 unspecified atom stereocenters. The molecule has 0 heterocycles. The molecule has 1 aliphatic rings. The second-order valence-corrected chi connectivity index (χ2v) is 17.0. The van der Waals surface area contributed by atoms with Crippen molar-refractivity contribution in [3.8, 4) is 11.1 Å². The van der Waals surface area contributed by atoms with Gasteiger partial charge in [-0.25, -0.2) is 0 Å². The first kappa shape index (κ1) is 20.4. The van der Waals surface area contributed by atoms with Crippen LogP contribution in [0.2, 0.25) is 0 Å². The van der Waals surface area contributed by atoms with E-state index < -0.39 is 19.4 Å². The molecule has 1 aliphatic carbocycles. The predicted molar refractivity (Wildman–Crippen MR) is 112 cm³/mol. The Labute approximate surface area is 173 Å². The quantitative estimate of drug-likeness (QED) is 0.429. The van der Waals surface area contributed by atoms with Gasteiger partial charge < -0.3 is 0 Å². The number of allylic oxidation sites excluding steroid dienone is 1. The second-order valence-electron chi connectivity index (χ2n) is 8.24. The summed E-state index contributed by atoms with van der Waals surface area (Å²) in [4.78, 5) is 0. The maximum absolute atomic E-state index is 6.66. The molecular formula is C23H27Cl2Zr. The number of benzene rings is 2. The van der Waals surface area contributed by atoms with Crippen LogP contribution >= 0.6 is 17.0 Å². The van der Waals surface area contributed by atoms with Gasteiger partial charge in [0.1, 0.15) is 0 Å². The van der Waals surface area contributed by atoms with E-state index in [4.69, 9.17) is 17.0 Å². The van der Waals surface area contributed by atoms with Crippen LogP contribution in [0.5, 0.6) is 0 Å². The maximum atomic E-state index is 6.66. The molecule has 0 bridgehead atoms. The SMILES string of the molecule is CCCc1ccc2c(c1-c1ccccc1C)C=C(C(C)(C)C)[CH]2[Zr]([Cl])[Cl]. The third-order valence-electron chi connectivity index (χ3n) is 5.31. The molecule has 0 amide bonds. The second kappa shape index (κ2) is 7.94. The average Bonchev–Trinajstić information content (AvgIpc) is 2.96. The molecule has 2 aromatic rings. The van der Waals surface area contributed by atoms with E-state index in [9.17, 15) is 0 Å². The van der Waals surface area contributed by atoms with Crippen LogP contribution in [0.25, 0.3) is 17.2 Å². The summed E-state index contributed by atoms with van der Waals surface area (Å²) < 4.78 is 0.258. The standard InChI is InChI=1S/C23H27.2ClH.Zr/c1-6-9-17-12-13-18-14-19(23(3,4)5)15-21(18)22(17)20-11-8-7-10-16(20)2;;;/h7-8,10-15H,6,9H2,1-5H3;2*1H;/q;;;+2/p-2.